The minimum absolute atomic E-state index is 0.0295. The third-order valence-corrected chi connectivity index (χ3v) is 5.61. The Bertz CT molecular complexity index is 464. The van der Waals surface area contributed by atoms with Gasteiger partial charge in [0.05, 0.1) is 17.9 Å². The largest absolute Gasteiger partial charge is 0.481 e. The molecule has 0 spiro atoms. The highest BCUT2D eigenvalue weighted by Crippen LogP contribution is 2.41. The van der Waals surface area contributed by atoms with E-state index < -0.39 is 18.0 Å². The van der Waals surface area contributed by atoms with Crippen molar-refractivity contribution >= 4 is 24.6 Å². The zero-order chi connectivity index (χ0) is 20.9. The molecule has 0 amide bonds. The van der Waals surface area contributed by atoms with Crippen molar-refractivity contribution in [2.75, 3.05) is 12.4 Å². The molecule has 0 aliphatic carbocycles. The maximum atomic E-state index is 12.7. The van der Waals surface area contributed by atoms with Gasteiger partial charge in [-0.25, -0.2) is 0 Å². The first-order valence-corrected chi connectivity index (χ1v) is 9.94. The molecule has 154 valence electrons. The van der Waals surface area contributed by atoms with Crippen molar-refractivity contribution < 1.29 is 24.5 Å². The lowest BCUT2D eigenvalue weighted by Gasteiger charge is -2.38. The summed E-state index contributed by atoms with van der Waals surface area (Å²) in [5.74, 6) is -1.82. The van der Waals surface area contributed by atoms with Crippen LogP contribution >= 0.6 is 12.6 Å². The molecule has 0 rings (SSSR count). The number of carbonyl (C=O) groups is 2. The number of carboxylic acids is 1. The van der Waals surface area contributed by atoms with Crippen molar-refractivity contribution in [2.45, 2.75) is 67.9 Å². The number of carboxylic acid groups (broad SMARTS) is 1. The third-order valence-electron chi connectivity index (χ3n) is 5.19. The van der Waals surface area contributed by atoms with Gasteiger partial charge in [-0.3, -0.25) is 9.59 Å². The Morgan fingerprint density at radius 1 is 1.04 bits per heavy atom. The number of ether oxygens (including phenoxy) is 1. The number of esters is 1. The molecule has 26 heavy (non-hydrogen) atoms. The summed E-state index contributed by atoms with van der Waals surface area (Å²) in [7, 11) is 0. The number of aliphatic carboxylic acids is 1. The number of hydrogen-bond acceptors (Lipinski definition) is 5. The Hall–Kier alpha value is -0.750. The van der Waals surface area contributed by atoms with Gasteiger partial charge in [0.2, 0.25) is 0 Å². The molecule has 2 N–H and O–H groups in total. The van der Waals surface area contributed by atoms with Crippen LogP contribution in [0.3, 0.4) is 0 Å². The number of hydrogen-bond donors (Lipinski definition) is 3. The summed E-state index contributed by atoms with van der Waals surface area (Å²) in [5.41, 5.74) is -0.689. The molecule has 0 radical (unpaired) electrons. The van der Waals surface area contributed by atoms with Crippen LogP contribution in [0.5, 0.6) is 0 Å². The van der Waals surface area contributed by atoms with Crippen LogP contribution in [-0.4, -0.2) is 40.6 Å². The van der Waals surface area contributed by atoms with Crippen LogP contribution in [0, 0.1) is 34.5 Å². The molecular formula is C20H38O5S. The lowest BCUT2D eigenvalue weighted by atomic mass is 9.66. The van der Waals surface area contributed by atoms with Crippen LogP contribution in [-0.2, 0) is 14.3 Å². The molecular weight excluding hydrogens is 352 g/mol. The van der Waals surface area contributed by atoms with E-state index in [1.54, 1.807) is 0 Å². The highest BCUT2D eigenvalue weighted by Gasteiger charge is 2.41. The summed E-state index contributed by atoms with van der Waals surface area (Å²) < 4.78 is 5.32. The molecule has 6 heteroatoms. The van der Waals surface area contributed by atoms with Gasteiger partial charge >= 0.3 is 11.9 Å². The smallest absolute Gasteiger partial charge is 0.309 e. The summed E-state index contributed by atoms with van der Waals surface area (Å²) in [6.07, 6.45) is -0.285. The average molecular weight is 391 g/mol. The molecule has 0 aliphatic heterocycles. The number of thiol groups is 1. The molecule has 0 bridgehead atoms. The molecule has 0 fully saturated rings. The maximum Gasteiger partial charge on any atom is 0.309 e. The van der Waals surface area contributed by atoms with Crippen LogP contribution in [0.25, 0.3) is 0 Å². The van der Waals surface area contributed by atoms with Gasteiger partial charge in [-0.2, -0.15) is 12.6 Å². The highest BCUT2D eigenvalue weighted by molar-refractivity contribution is 7.80. The predicted octanol–water partition coefficient (Wildman–Crippen LogP) is 3.89. The second kappa shape index (κ2) is 9.98. The lowest BCUT2D eigenvalue weighted by Crippen LogP contribution is -2.40. The summed E-state index contributed by atoms with van der Waals surface area (Å²) in [6.45, 7) is 15.6. The number of carbonyl (C=O) groups excluding carboxylic acids is 1. The second-order valence-electron chi connectivity index (χ2n) is 9.64. The van der Waals surface area contributed by atoms with Crippen molar-refractivity contribution in [3.63, 3.8) is 0 Å². The van der Waals surface area contributed by atoms with Gasteiger partial charge in [-0.15, -0.1) is 0 Å². The monoisotopic (exact) mass is 390 g/mol. The number of aliphatic hydroxyl groups is 1. The highest BCUT2D eigenvalue weighted by atomic mass is 32.1. The van der Waals surface area contributed by atoms with Crippen LogP contribution in [0.15, 0.2) is 0 Å². The normalized spacial score (nSPS) is 18.5. The first kappa shape index (κ1) is 25.2. The quantitative estimate of drug-likeness (QED) is 0.411. The zero-order valence-corrected chi connectivity index (χ0v) is 18.5. The van der Waals surface area contributed by atoms with E-state index in [0.29, 0.717) is 6.42 Å². The van der Waals surface area contributed by atoms with Gasteiger partial charge in [0.25, 0.3) is 0 Å². The molecule has 0 aromatic heterocycles. The first-order chi connectivity index (χ1) is 11.6. The van der Waals surface area contributed by atoms with Gasteiger partial charge < -0.3 is 14.9 Å². The lowest BCUT2D eigenvalue weighted by molar-refractivity contribution is -0.159. The van der Waals surface area contributed by atoms with Crippen LogP contribution < -0.4 is 0 Å². The minimum atomic E-state index is -0.802. The fourth-order valence-corrected chi connectivity index (χ4v) is 3.52. The Balaban J connectivity index is 5.32. The minimum Gasteiger partial charge on any atom is -0.481 e. The first-order valence-electron chi connectivity index (χ1n) is 9.31. The van der Waals surface area contributed by atoms with Gasteiger partial charge in [0.15, 0.2) is 0 Å². The number of aliphatic hydroxyl groups excluding tert-OH is 1. The second-order valence-corrected chi connectivity index (χ2v) is 10.0. The molecule has 0 heterocycles. The van der Waals surface area contributed by atoms with Crippen molar-refractivity contribution in [1.29, 1.82) is 0 Å². The SMILES string of the molecule is CC(CC(C(=O)O)C(C)(C)C)C(C)C(C(=O)OCC(O)CS)C(C)(C)C. The Labute approximate surface area is 164 Å². The Kier molecular flexibility index (Phi) is 9.69. The summed E-state index contributed by atoms with van der Waals surface area (Å²) in [5, 5.41) is 19.2. The van der Waals surface area contributed by atoms with E-state index in [2.05, 4.69) is 12.6 Å². The summed E-state index contributed by atoms with van der Waals surface area (Å²) in [4.78, 5) is 24.4. The van der Waals surface area contributed by atoms with Crippen molar-refractivity contribution in [3.8, 4) is 0 Å². The van der Waals surface area contributed by atoms with E-state index in [-0.39, 0.29) is 46.9 Å². The molecule has 0 aliphatic rings. The Morgan fingerprint density at radius 2 is 1.54 bits per heavy atom. The summed E-state index contributed by atoms with van der Waals surface area (Å²) in [6, 6.07) is 0. The van der Waals surface area contributed by atoms with Crippen molar-refractivity contribution in [2.24, 2.45) is 34.5 Å². The molecule has 5 nitrogen and oxygen atoms in total. The van der Waals surface area contributed by atoms with E-state index in [0.717, 1.165) is 0 Å². The third kappa shape index (κ3) is 7.87. The van der Waals surface area contributed by atoms with Gasteiger partial charge in [-0.1, -0.05) is 55.4 Å². The fourth-order valence-electron chi connectivity index (χ4n) is 3.42. The van der Waals surface area contributed by atoms with Gasteiger partial charge in [0, 0.05) is 5.75 Å². The fraction of sp³-hybridized carbons (Fsp3) is 0.900. The topological polar surface area (TPSA) is 83.8 Å². The molecule has 0 saturated carbocycles. The standard InChI is InChI=1S/C20H38O5S/c1-12(9-15(17(22)23)19(3,4)5)13(2)16(20(6,7)8)18(24)25-10-14(21)11-26/h12-16,21,26H,9-11H2,1-8H3,(H,22,23). The predicted molar refractivity (Wildman–Crippen MR) is 107 cm³/mol. The molecule has 0 saturated heterocycles. The molecule has 0 aromatic carbocycles. The van der Waals surface area contributed by atoms with Crippen molar-refractivity contribution in [1.82, 2.24) is 0 Å². The van der Waals surface area contributed by atoms with Crippen molar-refractivity contribution in [3.05, 3.63) is 0 Å². The Morgan fingerprint density at radius 3 is 1.88 bits per heavy atom. The van der Waals surface area contributed by atoms with Crippen LogP contribution in [0.2, 0.25) is 0 Å². The zero-order valence-electron chi connectivity index (χ0n) is 17.6. The van der Waals surface area contributed by atoms with E-state index in [9.17, 15) is 19.8 Å². The molecule has 5 unspecified atom stereocenters. The van der Waals surface area contributed by atoms with E-state index in [1.165, 1.54) is 0 Å². The molecule has 0 aromatic rings. The van der Waals surface area contributed by atoms with Crippen LogP contribution in [0.4, 0.5) is 0 Å². The average Bonchev–Trinajstić information content (AvgIpc) is 2.46. The number of rotatable bonds is 9. The molecule has 5 atom stereocenters. The van der Waals surface area contributed by atoms with Crippen LogP contribution in [0.1, 0.15) is 61.8 Å². The van der Waals surface area contributed by atoms with E-state index in [4.69, 9.17) is 4.74 Å². The van der Waals surface area contributed by atoms with Gasteiger partial charge in [0.1, 0.15) is 6.61 Å². The van der Waals surface area contributed by atoms with E-state index in [1.807, 2.05) is 55.4 Å². The maximum absolute atomic E-state index is 12.7. The van der Waals surface area contributed by atoms with Gasteiger partial charge in [-0.05, 0) is 29.1 Å². The summed E-state index contributed by atoms with van der Waals surface area (Å²) >= 11 is 3.99. The van der Waals surface area contributed by atoms with E-state index >= 15 is 0 Å².